The van der Waals surface area contributed by atoms with E-state index in [4.69, 9.17) is 13.8 Å². The second-order valence-corrected chi connectivity index (χ2v) is 11.0. The van der Waals surface area contributed by atoms with Crippen LogP contribution >= 0.6 is 7.82 Å². The summed E-state index contributed by atoms with van der Waals surface area (Å²) in [5.74, 6) is -0.442. The number of esters is 1. The minimum Gasteiger partial charge on any atom is -0.457 e. The van der Waals surface area contributed by atoms with Gasteiger partial charge in [-0.15, -0.1) is 0 Å². The van der Waals surface area contributed by atoms with Gasteiger partial charge in [-0.05, 0) is 32.1 Å². The summed E-state index contributed by atoms with van der Waals surface area (Å²) in [5, 5.41) is 9.36. The number of quaternary nitrogens is 1. The van der Waals surface area contributed by atoms with Crippen LogP contribution in [0.1, 0.15) is 84.0 Å². The molecule has 0 aromatic carbocycles. The molecule has 196 valence electrons. The number of unbranched alkanes of at least 4 members (excludes halogenated alkanes) is 9. The Morgan fingerprint density at radius 1 is 0.939 bits per heavy atom. The van der Waals surface area contributed by atoms with Crippen molar-refractivity contribution < 1.29 is 37.6 Å². The topological polar surface area (TPSA) is 102 Å². The van der Waals surface area contributed by atoms with Gasteiger partial charge in [0.2, 0.25) is 0 Å². The molecule has 8 nitrogen and oxygen atoms in total. The Bertz CT molecular complexity index is 564. The van der Waals surface area contributed by atoms with Crippen molar-refractivity contribution in [1.82, 2.24) is 0 Å². The monoisotopic (exact) mass is 494 g/mol. The molecule has 2 unspecified atom stereocenters. The number of carbonyl (C=O) groups excluding carboxylic acids is 1. The molecule has 0 saturated carbocycles. The van der Waals surface area contributed by atoms with Crippen LogP contribution < -0.4 is 0 Å². The first kappa shape index (κ1) is 32.2. The SMILES string of the molecule is CCCCCC/C=C/CCCCCCCC(=O)OC(CO)COP(=O)(O)OCC[N+](C)(C)C. The molecule has 0 aromatic rings. The molecule has 2 N–H and O–H groups in total. The van der Waals surface area contributed by atoms with Crippen LogP contribution in [-0.2, 0) is 23.1 Å². The number of phosphoric ester groups is 1. The molecular weight excluding hydrogens is 445 g/mol. The third-order valence-electron chi connectivity index (χ3n) is 5.08. The van der Waals surface area contributed by atoms with Gasteiger partial charge in [0, 0.05) is 6.42 Å². The van der Waals surface area contributed by atoms with E-state index in [1.165, 1.54) is 32.1 Å². The van der Waals surface area contributed by atoms with Gasteiger partial charge in [-0.25, -0.2) is 4.57 Å². The van der Waals surface area contributed by atoms with Crippen molar-refractivity contribution in [3.05, 3.63) is 12.2 Å². The van der Waals surface area contributed by atoms with Gasteiger partial charge in [-0.1, -0.05) is 57.6 Å². The standard InChI is InChI=1S/C24H48NO7P/c1-5-6-7-8-9-10-11-12-13-14-15-16-17-18-24(27)32-23(21-26)22-31-33(28,29)30-20-19-25(2,3)4/h10-11,23,26H,5-9,12-22H2,1-4H3/p+1/b11-10+. The third kappa shape index (κ3) is 22.8. The maximum absolute atomic E-state index is 12.0. The number of phosphoric acid groups is 1. The number of allylic oxidation sites excluding steroid dienone is 2. The first-order valence-corrected chi connectivity index (χ1v) is 14.0. The van der Waals surface area contributed by atoms with Crippen LogP contribution in [0.25, 0.3) is 0 Å². The van der Waals surface area contributed by atoms with E-state index in [0.717, 1.165) is 38.5 Å². The van der Waals surface area contributed by atoms with Gasteiger partial charge in [0.05, 0.1) is 34.4 Å². The summed E-state index contributed by atoms with van der Waals surface area (Å²) in [7, 11) is 1.54. The van der Waals surface area contributed by atoms with Crippen LogP contribution in [0.2, 0.25) is 0 Å². The lowest BCUT2D eigenvalue weighted by molar-refractivity contribution is -0.870. The zero-order valence-electron chi connectivity index (χ0n) is 21.4. The predicted molar refractivity (Wildman–Crippen MR) is 132 cm³/mol. The molecule has 2 atom stereocenters. The third-order valence-corrected chi connectivity index (χ3v) is 6.07. The molecule has 0 heterocycles. The van der Waals surface area contributed by atoms with Gasteiger partial charge in [0.25, 0.3) is 0 Å². The highest BCUT2D eigenvalue weighted by atomic mass is 31.2. The number of likely N-dealkylation sites (N-methyl/N-ethyl adjacent to an activating group) is 1. The van der Waals surface area contributed by atoms with E-state index in [-0.39, 0.29) is 13.0 Å². The number of nitrogens with zero attached hydrogens (tertiary/aromatic N) is 1. The summed E-state index contributed by atoms with van der Waals surface area (Å²) in [6, 6.07) is 0. The quantitative estimate of drug-likeness (QED) is 0.0719. The molecule has 0 rings (SSSR count). The molecule has 0 saturated heterocycles. The fraction of sp³-hybridized carbons (Fsp3) is 0.875. The first-order valence-electron chi connectivity index (χ1n) is 12.5. The average molecular weight is 495 g/mol. The Kier molecular flexibility index (Phi) is 19.1. The number of rotatable bonds is 22. The summed E-state index contributed by atoms with van der Waals surface area (Å²) in [4.78, 5) is 21.7. The minimum atomic E-state index is -4.26. The van der Waals surface area contributed by atoms with Crippen molar-refractivity contribution in [1.29, 1.82) is 0 Å². The highest BCUT2D eigenvalue weighted by Crippen LogP contribution is 2.43. The molecule has 33 heavy (non-hydrogen) atoms. The van der Waals surface area contributed by atoms with Gasteiger partial charge in [0.1, 0.15) is 19.3 Å². The lowest BCUT2D eigenvalue weighted by Crippen LogP contribution is -2.37. The van der Waals surface area contributed by atoms with Crippen molar-refractivity contribution in [3.63, 3.8) is 0 Å². The zero-order chi connectivity index (χ0) is 25.0. The van der Waals surface area contributed by atoms with E-state index in [0.29, 0.717) is 11.0 Å². The van der Waals surface area contributed by atoms with Crippen LogP contribution in [-0.4, -0.2) is 74.1 Å². The molecule has 0 spiro atoms. The second kappa shape index (κ2) is 19.5. The number of hydrogen-bond donors (Lipinski definition) is 2. The maximum Gasteiger partial charge on any atom is 0.472 e. The summed E-state index contributed by atoms with van der Waals surface area (Å²) in [6.45, 7) is 1.92. The summed E-state index contributed by atoms with van der Waals surface area (Å²) >= 11 is 0. The summed E-state index contributed by atoms with van der Waals surface area (Å²) in [5.41, 5.74) is 0. The number of carbonyl (C=O) groups is 1. The lowest BCUT2D eigenvalue weighted by Gasteiger charge is -2.24. The van der Waals surface area contributed by atoms with Crippen LogP contribution in [0, 0.1) is 0 Å². The molecule has 0 bridgehead atoms. The van der Waals surface area contributed by atoms with Gasteiger partial charge < -0.3 is 19.2 Å². The van der Waals surface area contributed by atoms with E-state index >= 15 is 0 Å². The summed E-state index contributed by atoms with van der Waals surface area (Å²) < 4.78 is 27.4. The molecule has 0 amide bonds. The van der Waals surface area contributed by atoms with Crippen molar-refractivity contribution >= 4 is 13.8 Å². The van der Waals surface area contributed by atoms with Gasteiger partial charge in [-0.3, -0.25) is 13.8 Å². The molecular formula is C24H49NO7P+. The Hall–Kier alpha value is -0.760. The molecule has 9 heteroatoms. The fourth-order valence-corrected chi connectivity index (χ4v) is 3.74. The predicted octanol–water partition coefficient (Wildman–Crippen LogP) is 4.99. The number of aliphatic hydroxyl groups is 1. The molecule has 0 radical (unpaired) electrons. The molecule has 0 aliphatic rings. The van der Waals surface area contributed by atoms with Crippen LogP contribution in [0.4, 0.5) is 0 Å². The number of ether oxygens (including phenoxy) is 1. The molecule has 0 aliphatic heterocycles. The maximum atomic E-state index is 12.0. The van der Waals surface area contributed by atoms with E-state index in [2.05, 4.69) is 19.1 Å². The zero-order valence-corrected chi connectivity index (χ0v) is 22.3. The van der Waals surface area contributed by atoms with Gasteiger partial charge in [-0.2, -0.15) is 0 Å². The fourth-order valence-electron chi connectivity index (χ4n) is 3.00. The van der Waals surface area contributed by atoms with Crippen LogP contribution in [0.3, 0.4) is 0 Å². The number of aliphatic hydroxyl groups excluding tert-OH is 1. The molecule has 0 aliphatic carbocycles. The lowest BCUT2D eigenvalue weighted by atomic mass is 10.1. The van der Waals surface area contributed by atoms with E-state index < -0.39 is 33.1 Å². The van der Waals surface area contributed by atoms with Gasteiger partial charge in [0.15, 0.2) is 0 Å². The second-order valence-electron chi connectivity index (χ2n) is 9.53. The van der Waals surface area contributed by atoms with E-state index in [9.17, 15) is 19.4 Å². The Balaban J connectivity index is 3.81. The van der Waals surface area contributed by atoms with E-state index in [1.54, 1.807) is 0 Å². The normalized spacial score (nSPS) is 15.0. The molecule has 0 aromatic heterocycles. The first-order chi connectivity index (χ1) is 15.6. The minimum absolute atomic E-state index is 0.0518. The smallest absolute Gasteiger partial charge is 0.457 e. The van der Waals surface area contributed by atoms with Crippen molar-refractivity contribution in [2.45, 2.75) is 90.1 Å². The van der Waals surface area contributed by atoms with Crippen molar-refractivity contribution in [3.8, 4) is 0 Å². The highest BCUT2D eigenvalue weighted by molar-refractivity contribution is 7.47. The van der Waals surface area contributed by atoms with Crippen molar-refractivity contribution in [2.24, 2.45) is 0 Å². The summed E-state index contributed by atoms with van der Waals surface area (Å²) in [6.07, 6.45) is 16.4. The Morgan fingerprint density at radius 3 is 2.09 bits per heavy atom. The highest BCUT2D eigenvalue weighted by Gasteiger charge is 2.25. The molecule has 0 fully saturated rings. The number of hydrogen-bond acceptors (Lipinski definition) is 6. The van der Waals surface area contributed by atoms with Gasteiger partial charge >= 0.3 is 13.8 Å². The Labute approximate surface area is 201 Å². The van der Waals surface area contributed by atoms with E-state index in [1.807, 2.05) is 21.1 Å². The van der Waals surface area contributed by atoms with Crippen LogP contribution in [0.5, 0.6) is 0 Å². The van der Waals surface area contributed by atoms with Crippen LogP contribution in [0.15, 0.2) is 12.2 Å². The van der Waals surface area contributed by atoms with Crippen molar-refractivity contribution in [2.75, 3.05) is 47.5 Å². The average Bonchev–Trinajstić information content (AvgIpc) is 2.73. The largest absolute Gasteiger partial charge is 0.472 e. The Morgan fingerprint density at radius 2 is 1.52 bits per heavy atom.